The van der Waals surface area contributed by atoms with Gasteiger partial charge in [-0.1, -0.05) is 30.3 Å². The lowest BCUT2D eigenvalue weighted by Crippen LogP contribution is -2.36. The average Bonchev–Trinajstić information content (AvgIpc) is 2.58. The summed E-state index contributed by atoms with van der Waals surface area (Å²) in [6.07, 6.45) is -1.00. The summed E-state index contributed by atoms with van der Waals surface area (Å²) in [6, 6.07) is 11.7. The normalized spacial score (nSPS) is 10.1. The van der Waals surface area contributed by atoms with Crippen molar-refractivity contribution >= 4 is 23.4 Å². The number of rotatable bonds is 6. The van der Waals surface area contributed by atoms with Gasteiger partial charge in [-0.3, -0.25) is 19.8 Å². The van der Waals surface area contributed by atoms with Crippen LogP contribution in [0.1, 0.15) is 5.56 Å². The van der Waals surface area contributed by atoms with Crippen LogP contribution in [0.2, 0.25) is 0 Å². The Labute approximate surface area is 141 Å². The van der Waals surface area contributed by atoms with Gasteiger partial charge in [0, 0.05) is 6.07 Å². The lowest BCUT2D eigenvalue weighted by molar-refractivity contribution is -0.384. The monoisotopic (exact) mass is 346 g/mol. The molecule has 0 unspecified atom stereocenters. The molecule has 0 aromatic heterocycles. The zero-order chi connectivity index (χ0) is 18.4. The number of carbonyl (C=O) groups is 2. The van der Waals surface area contributed by atoms with Crippen LogP contribution in [0.4, 0.5) is 16.2 Å². The van der Waals surface area contributed by atoms with E-state index in [1.807, 2.05) is 0 Å². The molecule has 0 atom stereocenters. The summed E-state index contributed by atoms with van der Waals surface area (Å²) in [5.41, 5.74) is 0.0966. The number of carboxylic acids is 1. The third-order valence-corrected chi connectivity index (χ3v) is 3.18. The minimum absolute atomic E-state index is 0.0937. The van der Waals surface area contributed by atoms with Crippen molar-refractivity contribution in [2.24, 2.45) is 0 Å². The van der Waals surface area contributed by atoms with Crippen LogP contribution >= 0.6 is 0 Å². The molecule has 25 heavy (non-hydrogen) atoms. The van der Waals surface area contributed by atoms with Crippen molar-refractivity contribution in [2.75, 3.05) is 11.4 Å². The number of non-ortho nitro benzene ring substituents is 1. The molecule has 0 fully saturated rings. The number of aromatic hydroxyl groups is 1. The van der Waals surface area contributed by atoms with Crippen LogP contribution in [0.5, 0.6) is 5.75 Å². The van der Waals surface area contributed by atoms with Gasteiger partial charge in [-0.15, -0.1) is 0 Å². The van der Waals surface area contributed by atoms with E-state index in [0.29, 0.717) is 10.5 Å². The van der Waals surface area contributed by atoms with Crippen molar-refractivity contribution in [2.45, 2.75) is 6.61 Å². The number of hydrogen-bond acceptors (Lipinski definition) is 6. The first-order chi connectivity index (χ1) is 11.9. The molecule has 0 saturated carbocycles. The lowest BCUT2D eigenvalue weighted by atomic mass is 10.2. The van der Waals surface area contributed by atoms with E-state index in [0.717, 1.165) is 18.2 Å². The second-order valence-corrected chi connectivity index (χ2v) is 4.95. The van der Waals surface area contributed by atoms with Crippen molar-refractivity contribution in [3.8, 4) is 5.75 Å². The number of amides is 1. The quantitative estimate of drug-likeness (QED) is 0.607. The van der Waals surface area contributed by atoms with Gasteiger partial charge >= 0.3 is 12.1 Å². The fourth-order valence-electron chi connectivity index (χ4n) is 2.03. The van der Waals surface area contributed by atoms with Gasteiger partial charge in [0.2, 0.25) is 0 Å². The molecule has 0 aliphatic heterocycles. The van der Waals surface area contributed by atoms with E-state index in [9.17, 15) is 24.8 Å². The highest BCUT2D eigenvalue weighted by Gasteiger charge is 2.24. The van der Waals surface area contributed by atoms with E-state index >= 15 is 0 Å². The fraction of sp³-hybridized carbons (Fsp3) is 0.125. The van der Waals surface area contributed by atoms with Gasteiger partial charge in [-0.25, -0.2) is 4.79 Å². The Morgan fingerprint density at radius 3 is 2.40 bits per heavy atom. The van der Waals surface area contributed by atoms with Crippen molar-refractivity contribution < 1.29 is 29.5 Å². The second kappa shape index (κ2) is 7.77. The van der Waals surface area contributed by atoms with Gasteiger partial charge in [-0.2, -0.15) is 0 Å². The van der Waals surface area contributed by atoms with Gasteiger partial charge in [0.1, 0.15) is 18.9 Å². The van der Waals surface area contributed by atoms with Crippen LogP contribution in [0.3, 0.4) is 0 Å². The molecule has 0 aliphatic rings. The standard InChI is InChI=1S/C16H14N2O7/c19-14-8-12(18(23)24)6-7-13(14)17(9-15(20)21)16(22)25-10-11-4-2-1-3-5-11/h1-8,19H,9-10H2,(H,20,21). The average molecular weight is 346 g/mol. The Balaban J connectivity index is 2.21. The summed E-state index contributed by atoms with van der Waals surface area (Å²) in [5.74, 6) is -1.94. The van der Waals surface area contributed by atoms with E-state index in [4.69, 9.17) is 9.84 Å². The zero-order valence-corrected chi connectivity index (χ0v) is 12.9. The Morgan fingerprint density at radius 2 is 1.84 bits per heavy atom. The van der Waals surface area contributed by atoms with E-state index in [1.54, 1.807) is 30.3 Å². The Hall–Kier alpha value is -3.62. The van der Waals surface area contributed by atoms with Gasteiger partial charge in [0.15, 0.2) is 0 Å². The molecule has 0 radical (unpaired) electrons. The number of carbonyl (C=O) groups excluding carboxylic acids is 1. The highest BCUT2D eigenvalue weighted by molar-refractivity contribution is 5.94. The molecule has 2 rings (SSSR count). The smallest absolute Gasteiger partial charge is 0.415 e. The number of nitrogens with zero attached hydrogens (tertiary/aromatic N) is 2. The number of phenols is 1. The van der Waals surface area contributed by atoms with Gasteiger partial charge in [0.05, 0.1) is 16.7 Å². The number of carboxylic acid groups (broad SMARTS) is 1. The molecule has 2 N–H and O–H groups in total. The van der Waals surface area contributed by atoms with Crippen LogP contribution in [0.15, 0.2) is 48.5 Å². The first kappa shape index (κ1) is 17.7. The number of anilines is 1. The number of hydrogen-bond donors (Lipinski definition) is 2. The molecule has 9 heteroatoms. The minimum atomic E-state index is -1.34. The van der Waals surface area contributed by atoms with Crippen molar-refractivity contribution in [3.63, 3.8) is 0 Å². The maximum absolute atomic E-state index is 12.2. The van der Waals surface area contributed by atoms with E-state index in [2.05, 4.69) is 0 Å². The Bertz CT molecular complexity index is 792. The summed E-state index contributed by atoms with van der Waals surface area (Å²) in [4.78, 5) is 33.9. The second-order valence-electron chi connectivity index (χ2n) is 4.95. The molecule has 0 aliphatic carbocycles. The predicted octanol–water partition coefficient (Wildman–Crippen LogP) is 2.53. The van der Waals surface area contributed by atoms with Crippen LogP contribution in [0.25, 0.3) is 0 Å². The fourth-order valence-corrected chi connectivity index (χ4v) is 2.03. The number of aliphatic carboxylic acids is 1. The van der Waals surface area contributed by atoms with Crippen molar-refractivity contribution in [3.05, 3.63) is 64.2 Å². The molecule has 0 heterocycles. The summed E-state index contributed by atoms with van der Waals surface area (Å²) in [6.45, 7) is -0.872. The van der Waals surface area contributed by atoms with Gasteiger partial charge in [-0.05, 0) is 11.6 Å². The third kappa shape index (κ3) is 4.67. The Morgan fingerprint density at radius 1 is 1.16 bits per heavy atom. The molecule has 9 nitrogen and oxygen atoms in total. The number of benzene rings is 2. The first-order valence-corrected chi connectivity index (χ1v) is 7.06. The van der Waals surface area contributed by atoms with Crippen molar-refractivity contribution in [1.82, 2.24) is 0 Å². The summed E-state index contributed by atoms with van der Waals surface area (Å²) in [5, 5.41) is 29.6. The molecular formula is C16H14N2O7. The number of nitro groups is 1. The first-order valence-electron chi connectivity index (χ1n) is 7.06. The molecule has 0 spiro atoms. The molecule has 0 saturated heterocycles. The lowest BCUT2D eigenvalue weighted by Gasteiger charge is -2.21. The number of ether oxygens (including phenoxy) is 1. The topological polar surface area (TPSA) is 130 Å². The third-order valence-electron chi connectivity index (χ3n) is 3.18. The van der Waals surface area contributed by atoms with Crippen LogP contribution in [-0.2, 0) is 16.1 Å². The van der Waals surface area contributed by atoms with E-state index in [1.165, 1.54) is 0 Å². The highest BCUT2D eigenvalue weighted by Crippen LogP contribution is 2.31. The summed E-state index contributed by atoms with van der Waals surface area (Å²) in [7, 11) is 0. The number of phenolic OH excluding ortho intramolecular Hbond substituents is 1. The minimum Gasteiger partial charge on any atom is -0.505 e. The predicted molar refractivity (Wildman–Crippen MR) is 86.4 cm³/mol. The summed E-state index contributed by atoms with van der Waals surface area (Å²) >= 11 is 0. The molecular weight excluding hydrogens is 332 g/mol. The van der Waals surface area contributed by atoms with Gasteiger partial charge in [0.25, 0.3) is 5.69 Å². The molecule has 2 aromatic carbocycles. The largest absolute Gasteiger partial charge is 0.505 e. The van der Waals surface area contributed by atoms with Gasteiger partial charge < -0.3 is 14.9 Å². The molecule has 2 aromatic rings. The van der Waals surface area contributed by atoms with E-state index in [-0.39, 0.29) is 12.3 Å². The van der Waals surface area contributed by atoms with Crippen LogP contribution in [0, 0.1) is 10.1 Å². The Kier molecular flexibility index (Phi) is 5.51. The maximum atomic E-state index is 12.2. The molecule has 0 bridgehead atoms. The number of nitro benzene ring substituents is 1. The summed E-state index contributed by atoms with van der Waals surface area (Å²) < 4.78 is 5.06. The maximum Gasteiger partial charge on any atom is 0.415 e. The molecule has 1 amide bonds. The van der Waals surface area contributed by atoms with Crippen molar-refractivity contribution in [1.29, 1.82) is 0 Å². The highest BCUT2D eigenvalue weighted by atomic mass is 16.6. The van der Waals surface area contributed by atoms with E-state index < -0.39 is 35.0 Å². The molecule has 130 valence electrons. The van der Waals surface area contributed by atoms with Crippen LogP contribution < -0.4 is 4.90 Å². The SMILES string of the molecule is O=C(O)CN(C(=O)OCc1ccccc1)c1ccc([N+](=O)[O-])cc1O. The van der Waals surface area contributed by atoms with Crippen LogP contribution in [-0.4, -0.2) is 33.7 Å². The zero-order valence-electron chi connectivity index (χ0n) is 12.9.